The van der Waals surface area contributed by atoms with Crippen molar-refractivity contribution in [1.82, 2.24) is 5.32 Å². The second-order valence-corrected chi connectivity index (χ2v) is 6.36. The fourth-order valence-electron chi connectivity index (χ4n) is 3.19. The van der Waals surface area contributed by atoms with E-state index in [-0.39, 0.29) is 12.5 Å². The summed E-state index contributed by atoms with van der Waals surface area (Å²) in [5.41, 5.74) is 1.98. The van der Waals surface area contributed by atoms with Crippen molar-refractivity contribution >= 4 is 11.6 Å². The largest absolute Gasteiger partial charge is 0.482 e. The van der Waals surface area contributed by atoms with Crippen molar-refractivity contribution in [3.8, 4) is 5.75 Å². The van der Waals surface area contributed by atoms with E-state index in [1.807, 2.05) is 12.1 Å². The number of hydrogen-bond donors (Lipinski definition) is 2. The molecule has 1 fully saturated rings. The molecule has 4 heteroatoms. The van der Waals surface area contributed by atoms with Gasteiger partial charge in [0.2, 0.25) is 0 Å². The van der Waals surface area contributed by atoms with Gasteiger partial charge < -0.3 is 15.4 Å². The Balaban J connectivity index is 1.58. The van der Waals surface area contributed by atoms with E-state index < -0.39 is 0 Å². The molecule has 0 spiro atoms. The number of fused-ring (bicyclic) bond motifs is 1. The highest BCUT2D eigenvalue weighted by Gasteiger charge is 2.17. The topological polar surface area (TPSA) is 50.4 Å². The molecule has 1 aliphatic heterocycles. The summed E-state index contributed by atoms with van der Waals surface area (Å²) < 4.78 is 5.38. The molecule has 0 saturated heterocycles. The lowest BCUT2D eigenvalue weighted by Crippen LogP contribution is -2.28. The van der Waals surface area contributed by atoms with E-state index in [0.29, 0.717) is 6.04 Å². The molecule has 1 aliphatic carbocycles. The Kier molecular flexibility index (Phi) is 4.44. The smallest absolute Gasteiger partial charge is 0.262 e. The number of carbonyl (C=O) groups excluding carboxylic acids is 1. The Labute approximate surface area is 126 Å². The zero-order valence-corrected chi connectivity index (χ0v) is 12.7. The Morgan fingerprint density at radius 1 is 1.29 bits per heavy atom. The maximum absolute atomic E-state index is 11.4. The summed E-state index contributed by atoms with van der Waals surface area (Å²) in [4.78, 5) is 11.4. The fraction of sp³-hybridized carbons (Fsp3) is 0.588. The van der Waals surface area contributed by atoms with Gasteiger partial charge >= 0.3 is 0 Å². The van der Waals surface area contributed by atoms with Gasteiger partial charge in [-0.2, -0.15) is 0 Å². The van der Waals surface area contributed by atoms with Crippen LogP contribution in [0.1, 0.15) is 44.6 Å². The number of anilines is 1. The normalized spacial score (nSPS) is 25.5. The molecule has 2 N–H and O–H groups in total. The van der Waals surface area contributed by atoms with Crippen molar-refractivity contribution < 1.29 is 9.53 Å². The van der Waals surface area contributed by atoms with E-state index in [2.05, 4.69) is 23.6 Å². The molecule has 1 saturated carbocycles. The van der Waals surface area contributed by atoms with Gasteiger partial charge in [-0.25, -0.2) is 0 Å². The number of rotatable bonds is 3. The number of benzene rings is 1. The van der Waals surface area contributed by atoms with Gasteiger partial charge in [0.15, 0.2) is 6.61 Å². The Hall–Kier alpha value is -1.55. The third-order valence-electron chi connectivity index (χ3n) is 4.53. The van der Waals surface area contributed by atoms with Crippen LogP contribution in [0.2, 0.25) is 0 Å². The summed E-state index contributed by atoms with van der Waals surface area (Å²) in [5, 5.41) is 6.53. The minimum absolute atomic E-state index is 0.0784. The number of amides is 1. The van der Waals surface area contributed by atoms with Crippen LogP contribution in [-0.4, -0.2) is 18.6 Å². The van der Waals surface area contributed by atoms with Gasteiger partial charge in [-0.3, -0.25) is 4.79 Å². The molecule has 3 rings (SSSR count). The van der Waals surface area contributed by atoms with Crippen LogP contribution in [0.3, 0.4) is 0 Å². The molecule has 1 aromatic rings. The zero-order chi connectivity index (χ0) is 14.7. The summed E-state index contributed by atoms with van der Waals surface area (Å²) in [6.45, 7) is 3.32. The molecular weight excluding hydrogens is 264 g/mol. The molecular formula is C17H24N2O2. The maximum atomic E-state index is 11.4. The highest BCUT2D eigenvalue weighted by Crippen LogP contribution is 2.28. The van der Waals surface area contributed by atoms with Crippen molar-refractivity contribution in [2.24, 2.45) is 5.92 Å². The monoisotopic (exact) mass is 288 g/mol. The molecule has 2 atom stereocenters. The van der Waals surface area contributed by atoms with E-state index in [9.17, 15) is 4.79 Å². The van der Waals surface area contributed by atoms with Gasteiger partial charge in [0, 0.05) is 12.6 Å². The summed E-state index contributed by atoms with van der Waals surface area (Å²) in [5.74, 6) is 1.56. The average molecular weight is 288 g/mol. The summed E-state index contributed by atoms with van der Waals surface area (Å²) >= 11 is 0. The van der Waals surface area contributed by atoms with Crippen LogP contribution in [0.5, 0.6) is 5.75 Å². The van der Waals surface area contributed by atoms with Crippen molar-refractivity contribution in [3.63, 3.8) is 0 Å². The van der Waals surface area contributed by atoms with Crippen LogP contribution in [0.4, 0.5) is 5.69 Å². The van der Waals surface area contributed by atoms with Crippen molar-refractivity contribution in [2.45, 2.75) is 51.6 Å². The lowest BCUT2D eigenvalue weighted by molar-refractivity contribution is -0.118. The summed E-state index contributed by atoms with van der Waals surface area (Å²) in [6, 6.07) is 6.65. The van der Waals surface area contributed by atoms with Crippen molar-refractivity contribution in [3.05, 3.63) is 23.8 Å². The standard InChI is InChI=1S/C17H24N2O2/c1-12-3-2-4-14(7-5-12)18-10-13-6-8-16-15(9-13)19-17(20)11-21-16/h6,8-9,12,14,18H,2-5,7,10-11H2,1H3,(H,19,20). The quantitative estimate of drug-likeness (QED) is 0.840. The minimum Gasteiger partial charge on any atom is -0.482 e. The first-order valence-corrected chi connectivity index (χ1v) is 7.99. The Morgan fingerprint density at radius 3 is 3.10 bits per heavy atom. The summed E-state index contributed by atoms with van der Waals surface area (Å²) in [7, 11) is 0. The second kappa shape index (κ2) is 6.48. The van der Waals surface area contributed by atoms with Gasteiger partial charge in [0.25, 0.3) is 5.91 Å². The number of hydrogen-bond acceptors (Lipinski definition) is 3. The van der Waals surface area contributed by atoms with E-state index in [1.165, 1.54) is 37.7 Å². The van der Waals surface area contributed by atoms with E-state index >= 15 is 0 Å². The number of nitrogens with one attached hydrogen (secondary N) is 2. The molecule has 114 valence electrons. The SMILES string of the molecule is CC1CCCC(NCc2ccc3c(c2)NC(=O)CO3)CC1. The van der Waals surface area contributed by atoms with Gasteiger partial charge in [-0.15, -0.1) is 0 Å². The van der Waals surface area contributed by atoms with Crippen LogP contribution in [0, 0.1) is 5.92 Å². The molecule has 0 aromatic heterocycles. The lowest BCUT2D eigenvalue weighted by atomic mass is 10.0. The van der Waals surface area contributed by atoms with E-state index in [1.54, 1.807) is 0 Å². The zero-order valence-electron chi connectivity index (χ0n) is 12.7. The van der Waals surface area contributed by atoms with Crippen LogP contribution >= 0.6 is 0 Å². The minimum atomic E-state index is -0.0784. The maximum Gasteiger partial charge on any atom is 0.262 e. The molecule has 2 unspecified atom stereocenters. The van der Waals surface area contributed by atoms with E-state index in [4.69, 9.17) is 4.74 Å². The first kappa shape index (κ1) is 14.4. The first-order chi connectivity index (χ1) is 10.2. The van der Waals surface area contributed by atoms with Crippen LogP contribution in [0.15, 0.2) is 18.2 Å². The third-order valence-corrected chi connectivity index (χ3v) is 4.53. The predicted molar refractivity (Wildman–Crippen MR) is 83.4 cm³/mol. The molecule has 0 bridgehead atoms. The van der Waals surface area contributed by atoms with Gasteiger partial charge in [-0.05, 0) is 42.9 Å². The molecule has 1 aromatic carbocycles. The average Bonchev–Trinajstić information content (AvgIpc) is 2.69. The van der Waals surface area contributed by atoms with Crippen molar-refractivity contribution in [2.75, 3.05) is 11.9 Å². The molecule has 1 amide bonds. The lowest BCUT2D eigenvalue weighted by Gasteiger charge is -2.20. The second-order valence-electron chi connectivity index (χ2n) is 6.36. The Morgan fingerprint density at radius 2 is 2.19 bits per heavy atom. The summed E-state index contributed by atoms with van der Waals surface area (Å²) in [6.07, 6.45) is 6.56. The Bertz CT molecular complexity index is 516. The fourth-order valence-corrected chi connectivity index (χ4v) is 3.19. The highest BCUT2D eigenvalue weighted by atomic mass is 16.5. The van der Waals surface area contributed by atoms with Gasteiger partial charge in [-0.1, -0.05) is 25.8 Å². The van der Waals surface area contributed by atoms with Crippen molar-refractivity contribution in [1.29, 1.82) is 0 Å². The van der Waals surface area contributed by atoms with Crippen LogP contribution in [0.25, 0.3) is 0 Å². The third kappa shape index (κ3) is 3.76. The predicted octanol–water partition coefficient (Wildman–Crippen LogP) is 3.08. The molecule has 4 nitrogen and oxygen atoms in total. The highest BCUT2D eigenvalue weighted by molar-refractivity contribution is 5.95. The van der Waals surface area contributed by atoms with Gasteiger partial charge in [0.05, 0.1) is 5.69 Å². The molecule has 0 radical (unpaired) electrons. The number of ether oxygens (including phenoxy) is 1. The van der Waals surface area contributed by atoms with Gasteiger partial charge in [0.1, 0.15) is 5.75 Å². The molecule has 2 aliphatic rings. The molecule has 21 heavy (non-hydrogen) atoms. The van der Waals surface area contributed by atoms with E-state index in [0.717, 1.165) is 23.9 Å². The first-order valence-electron chi connectivity index (χ1n) is 7.99. The molecule has 1 heterocycles. The van der Waals surface area contributed by atoms with Crippen LogP contribution in [-0.2, 0) is 11.3 Å². The van der Waals surface area contributed by atoms with Crippen LogP contribution < -0.4 is 15.4 Å². The number of carbonyl (C=O) groups is 1.